The number of aliphatic imine (C=N–C) groups is 1. The van der Waals surface area contributed by atoms with Crippen LogP contribution in [-0.2, 0) is 15.7 Å². The van der Waals surface area contributed by atoms with Crippen LogP contribution < -0.4 is 15.5 Å². The highest BCUT2D eigenvalue weighted by molar-refractivity contribution is 14.0. The first-order valence-corrected chi connectivity index (χ1v) is 10.0. The number of nitrogens with zero attached hydrogens (tertiary/aromatic N) is 2. The molecule has 172 valence electrons. The van der Waals surface area contributed by atoms with Gasteiger partial charge in [0.1, 0.15) is 24.7 Å². The van der Waals surface area contributed by atoms with Crippen LogP contribution in [0.25, 0.3) is 0 Å². The summed E-state index contributed by atoms with van der Waals surface area (Å²) in [6.07, 6.45) is -0.139. The van der Waals surface area contributed by atoms with E-state index in [1.165, 1.54) is 12.1 Å². The van der Waals surface area contributed by atoms with E-state index < -0.39 is 34.2 Å². The molecule has 0 radical (unpaired) electrons. The molecule has 2 aliphatic rings. The van der Waals surface area contributed by atoms with Gasteiger partial charge in [-0.1, -0.05) is 18.9 Å². The number of hydrogen-bond acceptors (Lipinski definition) is 3. The van der Waals surface area contributed by atoms with E-state index in [9.17, 15) is 22.8 Å². The van der Waals surface area contributed by atoms with Gasteiger partial charge >= 0.3 is 12.2 Å². The Morgan fingerprint density at radius 3 is 2.65 bits per heavy atom. The summed E-state index contributed by atoms with van der Waals surface area (Å²) in [5.41, 5.74) is 4.67. The summed E-state index contributed by atoms with van der Waals surface area (Å²) in [7, 11) is 0. The van der Waals surface area contributed by atoms with E-state index in [0.717, 1.165) is 37.8 Å². The second-order valence-electron chi connectivity index (χ2n) is 7.57. The zero-order valence-corrected chi connectivity index (χ0v) is 19.3. The molecule has 0 aliphatic carbocycles. The van der Waals surface area contributed by atoms with Crippen molar-refractivity contribution in [1.82, 2.24) is 9.80 Å². The highest BCUT2D eigenvalue weighted by atomic mass is 127. The molecule has 2 heterocycles. The first-order valence-electron chi connectivity index (χ1n) is 10.0. The fourth-order valence-electron chi connectivity index (χ4n) is 3.96. The number of hydrogen-bond donors (Lipinski definition) is 2. The number of quaternary nitrogens is 1. The van der Waals surface area contributed by atoms with E-state index in [-0.39, 0.29) is 49.4 Å². The van der Waals surface area contributed by atoms with Crippen LogP contribution in [0.3, 0.4) is 0 Å². The van der Waals surface area contributed by atoms with Crippen molar-refractivity contribution in [1.29, 1.82) is 0 Å². The van der Waals surface area contributed by atoms with E-state index in [1.54, 1.807) is 0 Å². The molecule has 2 unspecified atom stereocenters. The number of benzene rings is 1. The molecule has 11 heteroatoms. The first-order chi connectivity index (χ1) is 14.2. The topological polar surface area (TPSA) is 93.8 Å². The number of alkyl halides is 3. The average molecular weight is 555 g/mol. The molecule has 2 fully saturated rings. The standard InChI is InChI=1S/C20H25F3N4O3.HI/c21-20(22,23)14-6-5-7-15(12-14)27(10-11-30-13-16(27)18(24)28)19(29)26-17-8-3-1-2-4-9-25-17;/h5-7,12,16H,1-4,8-11,13H2,(H2-,24,25,26,28,29);1H/p+1. The van der Waals surface area contributed by atoms with Crippen LogP contribution in [-0.4, -0.2) is 50.1 Å². The zero-order chi connectivity index (χ0) is 21.8. The number of nitrogens with one attached hydrogen (secondary N) is 1. The lowest BCUT2D eigenvalue weighted by Gasteiger charge is -2.41. The van der Waals surface area contributed by atoms with Crippen molar-refractivity contribution in [2.75, 3.05) is 26.3 Å². The van der Waals surface area contributed by atoms with Gasteiger partial charge < -0.3 is 15.8 Å². The minimum Gasteiger partial charge on any atom is -0.373 e. The number of carbonyl (C=O) groups is 2. The number of carbonyl (C=O) groups excluding carboxylic acids is 2. The second-order valence-corrected chi connectivity index (χ2v) is 7.57. The molecule has 7 nitrogen and oxygen atoms in total. The van der Waals surface area contributed by atoms with Gasteiger partial charge in [0.05, 0.1) is 12.2 Å². The minimum absolute atomic E-state index is 0. The number of rotatable bonds is 2. The van der Waals surface area contributed by atoms with Gasteiger partial charge in [-0.2, -0.15) is 17.7 Å². The number of nitrogens with two attached hydrogens (primary N) is 1. The van der Waals surface area contributed by atoms with Gasteiger partial charge in [0.15, 0.2) is 0 Å². The van der Waals surface area contributed by atoms with Crippen LogP contribution in [0.5, 0.6) is 0 Å². The van der Waals surface area contributed by atoms with Crippen molar-refractivity contribution >= 4 is 47.4 Å². The predicted molar refractivity (Wildman–Crippen MR) is 121 cm³/mol. The van der Waals surface area contributed by atoms with Gasteiger partial charge in [0, 0.05) is 19.0 Å². The lowest BCUT2D eigenvalue weighted by atomic mass is 10.1. The molecule has 31 heavy (non-hydrogen) atoms. The summed E-state index contributed by atoms with van der Waals surface area (Å²) in [5, 5.41) is 3.13. The number of halogens is 4. The third-order valence-electron chi connectivity index (χ3n) is 5.60. The number of amides is 3. The van der Waals surface area contributed by atoms with Gasteiger partial charge in [-0.25, -0.2) is 4.79 Å². The molecular formula is C20H27F3IN4O3+. The van der Waals surface area contributed by atoms with Gasteiger partial charge in [-0.05, 0) is 25.0 Å². The normalized spacial score (nSPS) is 26.2. The van der Waals surface area contributed by atoms with Crippen molar-refractivity contribution in [3.05, 3.63) is 29.8 Å². The number of primary amides is 1. The number of morpholine rings is 1. The molecule has 0 saturated carbocycles. The number of ether oxygens (including phenoxy) is 1. The van der Waals surface area contributed by atoms with Crippen LogP contribution in [0, 0.1) is 0 Å². The molecule has 2 aliphatic heterocycles. The van der Waals surface area contributed by atoms with E-state index in [0.29, 0.717) is 18.8 Å². The Balaban J connectivity index is 0.00000341. The first kappa shape index (κ1) is 25.5. The van der Waals surface area contributed by atoms with Crippen LogP contribution >= 0.6 is 24.0 Å². The maximum atomic E-state index is 13.5. The van der Waals surface area contributed by atoms with Crippen molar-refractivity contribution < 1.29 is 27.5 Å². The van der Waals surface area contributed by atoms with E-state index in [4.69, 9.17) is 10.5 Å². The molecule has 2 saturated heterocycles. The Morgan fingerprint density at radius 1 is 1.19 bits per heavy atom. The predicted octanol–water partition coefficient (Wildman–Crippen LogP) is 3.59. The van der Waals surface area contributed by atoms with Gasteiger partial charge in [-0.15, -0.1) is 29.0 Å². The van der Waals surface area contributed by atoms with Gasteiger partial charge in [0.2, 0.25) is 6.04 Å². The Bertz CT molecular complexity index is 824. The van der Waals surface area contributed by atoms with E-state index in [1.807, 2.05) is 0 Å². The molecule has 1 aromatic carbocycles. The summed E-state index contributed by atoms with van der Waals surface area (Å²) in [5.74, 6) is -0.342. The summed E-state index contributed by atoms with van der Waals surface area (Å²) in [4.78, 5) is 29.9. The van der Waals surface area contributed by atoms with Gasteiger partial charge in [-0.3, -0.25) is 4.79 Å². The molecule has 3 rings (SSSR count). The Labute approximate surface area is 195 Å². The van der Waals surface area contributed by atoms with Gasteiger partial charge in [0.25, 0.3) is 5.91 Å². The molecule has 3 amide bonds. The second kappa shape index (κ2) is 10.7. The largest absolute Gasteiger partial charge is 0.450 e. The third kappa shape index (κ3) is 5.75. The van der Waals surface area contributed by atoms with Crippen LogP contribution in [0.4, 0.5) is 23.7 Å². The molecule has 0 aromatic heterocycles. The third-order valence-corrected chi connectivity index (χ3v) is 5.60. The molecule has 0 spiro atoms. The molecule has 0 bridgehead atoms. The summed E-state index contributed by atoms with van der Waals surface area (Å²) >= 11 is 0. The average Bonchev–Trinajstić information content (AvgIpc) is 2.69. The monoisotopic (exact) mass is 555 g/mol. The van der Waals surface area contributed by atoms with Crippen molar-refractivity contribution in [3.8, 4) is 0 Å². The molecular weight excluding hydrogens is 528 g/mol. The van der Waals surface area contributed by atoms with Crippen LogP contribution in [0.1, 0.15) is 37.7 Å². The quantitative estimate of drug-likeness (QED) is 0.431. The lowest BCUT2D eigenvalue weighted by molar-refractivity contribution is -0.137. The SMILES string of the molecule is I.NC(=O)C1COCC[N+]1(C(=O)N=C1CCCCCCN1)c1cccc(C(F)(F)F)c1. The van der Waals surface area contributed by atoms with Crippen LogP contribution in [0.2, 0.25) is 0 Å². The maximum absolute atomic E-state index is 13.5. The maximum Gasteiger partial charge on any atom is 0.450 e. The summed E-state index contributed by atoms with van der Waals surface area (Å²) < 4.78 is 44.6. The summed E-state index contributed by atoms with van der Waals surface area (Å²) in [6.45, 7) is 0.544. The van der Waals surface area contributed by atoms with Crippen molar-refractivity contribution in [2.45, 2.75) is 44.3 Å². The smallest absolute Gasteiger partial charge is 0.373 e. The fourth-order valence-corrected chi connectivity index (χ4v) is 3.96. The molecule has 2 atom stereocenters. The minimum atomic E-state index is -4.59. The Hall–Kier alpha value is -1.73. The highest BCUT2D eigenvalue weighted by Gasteiger charge is 2.52. The van der Waals surface area contributed by atoms with E-state index in [2.05, 4.69) is 10.3 Å². The van der Waals surface area contributed by atoms with Crippen molar-refractivity contribution in [3.63, 3.8) is 0 Å². The van der Waals surface area contributed by atoms with E-state index >= 15 is 0 Å². The summed E-state index contributed by atoms with van der Waals surface area (Å²) in [6, 6.07) is 2.55. The highest BCUT2D eigenvalue weighted by Crippen LogP contribution is 2.36. The van der Waals surface area contributed by atoms with Crippen molar-refractivity contribution in [2.24, 2.45) is 10.7 Å². The zero-order valence-electron chi connectivity index (χ0n) is 17.0. The number of urea groups is 1. The Morgan fingerprint density at radius 2 is 1.94 bits per heavy atom. The lowest BCUT2D eigenvalue weighted by Crippen LogP contribution is -2.69. The Kier molecular flexibility index (Phi) is 8.83. The molecule has 1 aromatic rings. The molecule has 3 N–H and O–H groups in total. The number of amidine groups is 1. The fraction of sp³-hybridized carbons (Fsp3) is 0.550. The van der Waals surface area contributed by atoms with Crippen LogP contribution in [0.15, 0.2) is 29.3 Å².